The lowest BCUT2D eigenvalue weighted by atomic mass is 9.69. The molecule has 0 aliphatic carbocycles. The molecule has 2 atom stereocenters. The maximum absolute atomic E-state index is 13.6. The Bertz CT molecular complexity index is 1170. The van der Waals surface area contributed by atoms with Gasteiger partial charge in [-0.1, -0.05) is 42.5 Å². The predicted molar refractivity (Wildman–Crippen MR) is 119 cm³/mol. The molecule has 4 nitrogen and oxygen atoms in total. The van der Waals surface area contributed by atoms with Crippen molar-refractivity contribution in [1.29, 1.82) is 0 Å². The molecule has 0 fully saturated rings. The van der Waals surface area contributed by atoms with Gasteiger partial charge in [0.05, 0.1) is 0 Å². The Morgan fingerprint density at radius 2 is 0.889 bits per heavy atom. The Hall–Kier alpha value is -3.24. The number of hydrogen-bond acceptors (Lipinski definition) is 4. The molecule has 194 valence electrons. The van der Waals surface area contributed by atoms with Gasteiger partial charge >= 0.3 is 12.4 Å². The second-order valence-electron chi connectivity index (χ2n) is 9.09. The van der Waals surface area contributed by atoms with E-state index in [9.17, 15) is 46.8 Å². The van der Waals surface area contributed by atoms with E-state index >= 15 is 0 Å². The van der Waals surface area contributed by atoms with Crippen LogP contribution in [0, 0.1) is 0 Å². The molecule has 0 aliphatic heterocycles. The summed E-state index contributed by atoms with van der Waals surface area (Å²) in [6.07, 6.45) is -10.3. The first-order chi connectivity index (χ1) is 16.3. The minimum atomic E-state index is -5.15. The second-order valence-corrected chi connectivity index (χ2v) is 9.09. The van der Waals surface area contributed by atoms with Gasteiger partial charge in [-0.2, -0.15) is 26.3 Å². The third-order valence-electron chi connectivity index (χ3n) is 6.65. The highest BCUT2D eigenvalue weighted by Gasteiger charge is 2.54. The Labute approximate surface area is 203 Å². The minimum absolute atomic E-state index is 0.0920. The van der Waals surface area contributed by atoms with Crippen LogP contribution >= 0.6 is 0 Å². The van der Waals surface area contributed by atoms with Crippen LogP contribution in [0.5, 0.6) is 11.5 Å². The number of halogens is 6. The van der Waals surface area contributed by atoms with Gasteiger partial charge in [0.15, 0.2) is 11.2 Å². The van der Waals surface area contributed by atoms with Crippen molar-refractivity contribution in [3.63, 3.8) is 0 Å². The molecule has 3 aromatic rings. The van der Waals surface area contributed by atoms with E-state index in [4.69, 9.17) is 0 Å². The van der Waals surface area contributed by atoms with Crippen LogP contribution in [-0.4, -0.2) is 32.8 Å². The predicted octanol–water partition coefficient (Wildman–Crippen LogP) is 5.99. The van der Waals surface area contributed by atoms with Crippen LogP contribution in [0.4, 0.5) is 26.3 Å². The highest BCUT2D eigenvalue weighted by atomic mass is 19.4. The second kappa shape index (κ2) is 8.70. The number of hydrogen-bond donors (Lipinski definition) is 4. The maximum Gasteiger partial charge on any atom is 0.421 e. The molecule has 0 radical (unpaired) electrons. The molecule has 2 unspecified atom stereocenters. The van der Waals surface area contributed by atoms with E-state index in [-0.39, 0.29) is 11.1 Å². The van der Waals surface area contributed by atoms with Gasteiger partial charge in [0, 0.05) is 16.5 Å². The van der Waals surface area contributed by atoms with Gasteiger partial charge in [0.1, 0.15) is 11.5 Å². The number of alkyl halides is 6. The van der Waals surface area contributed by atoms with Gasteiger partial charge in [0.2, 0.25) is 0 Å². The van der Waals surface area contributed by atoms with Crippen LogP contribution in [0.3, 0.4) is 0 Å². The molecule has 36 heavy (non-hydrogen) atoms. The number of aliphatic hydroxyl groups is 2. The van der Waals surface area contributed by atoms with E-state index in [0.717, 1.165) is 24.3 Å². The van der Waals surface area contributed by atoms with E-state index in [1.54, 1.807) is 30.3 Å². The molecule has 0 amide bonds. The van der Waals surface area contributed by atoms with Crippen molar-refractivity contribution in [3.8, 4) is 11.5 Å². The van der Waals surface area contributed by atoms with E-state index in [0.29, 0.717) is 19.4 Å². The molecular formula is C26H24F6O4. The lowest BCUT2D eigenvalue weighted by molar-refractivity contribution is -0.259. The Kier molecular flexibility index (Phi) is 6.61. The molecule has 0 saturated carbocycles. The number of phenolic OH excluding ortho intramolecular Hbond substituents is 2. The third-order valence-corrected chi connectivity index (χ3v) is 6.65. The monoisotopic (exact) mass is 514 g/mol. The topological polar surface area (TPSA) is 80.9 Å². The quantitative estimate of drug-likeness (QED) is 0.249. The Morgan fingerprint density at radius 1 is 0.528 bits per heavy atom. The average molecular weight is 514 g/mol. The molecule has 0 aliphatic rings. The van der Waals surface area contributed by atoms with Gasteiger partial charge in [-0.15, -0.1) is 0 Å². The molecule has 0 spiro atoms. The number of benzene rings is 3. The smallest absolute Gasteiger partial charge is 0.421 e. The zero-order valence-electron chi connectivity index (χ0n) is 19.4. The van der Waals surface area contributed by atoms with Crippen molar-refractivity contribution in [3.05, 3.63) is 94.5 Å². The maximum atomic E-state index is 13.6. The highest BCUT2D eigenvalue weighted by molar-refractivity contribution is 5.55. The molecule has 4 N–H and O–H groups in total. The first-order valence-electron chi connectivity index (χ1n) is 10.7. The summed E-state index contributed by atoms with van der Waals surface area (Å²) >= 11 is 0. The van der Waals surface area contributed by atoms with Gasteiger partial charge in [-0.3, -0.25) is 0 Å². The summed E-state index contributed by atoms with van der Waals surface area (Å²) in [6.45, 7) is 2.48. The molecule has 3 rings (SSSR count). The molecule has 0 bridgehead atoms. The molecular weight excluding hydrogens is 490 g/mol. The van der Waals surface area contributed by atoms with Crippen molar-refractivity contribution in [2.24, 2.45) is 0 Å². The highest BCUT2D eigenvalue weighted by Crippen LogP contribution is 2.48. The third kappa shape index (κ3) is 4.39. The van der Waals surface area contributed by atoms with Crippen molar-refractivity contribution < 1.29 is 46.8 Å². The summed E-state index contributed by atoms with van der Waals surface area (Å²) in [7, 11) is 0. The van der Waals surface area contributed by atoms with E-state index < -0.39 is 51.6 Å². The molecule has 10 heteroatoms. The van der Waals surface area contributed by atoms with Crippen LogP contribution in [0.2, 0.25) is 0 Å². The fraction of sp³-hybridized carbons (Fsp3) is 0.308. The summed E-state index contributed by atoms with van der Waals surface area (Å²) in [5.74, 6) is -1.66. The molecule has 0 aromatic heterocycles. The van der Waals surface area contributed by atoms with Crippen LogP contribution in [-0.2, 0) is 16.6 Å². The van der Waals surface area contributed by atoms with Gasteiger partial charge < -0.3 is 20.4 Å². The van der Waals surface area contributed by atoms with Crippen molar-refractivity contribution >= 4 is 0 Å². The zero-order valence-corrected chi connectivity index (χ0v) is 19.4. The summed E-state index contributed by atoms with van der Waals surface area (Å²) in [5.41, 5.74) is -9.41. The molecule has 0 heterocycles. The number of aromatic hydroxyl groups is 2. The fourth-order valence-corrected chi connectivity index (χ4v) is 4.05. The Balaban J connectivity index is 2.37. The van der Waals surface area contributed by atoms with Gasteiger partial charge in [0.25, 0.3) is 0 Å². The van der Waals surface area contributed by atoms with Crippen LogP contribution in [0.15, 0.2) is 66.7 Å². The first-order valence-corrected chi connectivity index (χ1v) is 10.7. The Morgan fingerprint density at radius 3 is 1.22 bits per heavy atom. The molecule has 3 aromatic carbocycles. The lowest BCUT2D eigenvalue weighted by Gasteiger charge is -2.35. The molecule has 0 saturated heterocycles. The summed E-state index contributed by atoms with van der Waals surface area (Å²) in [4.78, 5) is 0. The van der Waals surface area contributed by atoms with E-state index in [2.05, 4.69) is 0 Å². The minimum Gasteiger partial charge on any atom is -0.508 e. The SMILES string of the molecule is CC(c1ccccc1)(c1ccc(O)c(C(C)(O)C(F)(F)F)c1)c1ccc(O)c(C(C)(O)C(F)(F)F)c1. The summed E-state index contributed by atoms with van der Waals surface area (Å²) in [6, 6.07) is 14.5. The lowest BCUT2D eigenvalue weighted by Crippen LogP contribution is -2.40. The van der Waals surface area contributed by atoms with Crippen molar-refractivity contribution in [2.75, 3.05) is 0 Å². The summed E-state index contributed by atoms with van der Waals surface area (Å²) < 4.78 is 81.5. The van der Waals surface area contributed by atoms with Crippen LogP contribution in [0.25, 0.3) is 0 Å². The summed E-state index contributed by atoms with van der Waals surface area (Å²) in [5, 5.41) is 40.8. The first kappa shape index (κ1) is 27.3. The van der Waals surface area contributed by atoms with Crippen LogP contribution in [0.1, 0.15) is 48.6 Å². The van der Waals surface area contributed by atoms with Crippen molar-refractivity contribution in [1.82, 2.24) is 0 Å². The van der Waals surface area contributed by atoms with Gasteiger partial charge in [-0.25, -0.2) is 0 Å². The van der Waals surface area contributed by atoms with Crippen molar-refractivity contribution in [2.45, 2.75) is 49.7 Å². The van der Waals surface area contributed by atoms with E-state index in [1.165, 1.54) is 19.1 Å². The fourth-order valence-electron chi connectivity index (χ4n) is 4.05. The standard InChI is InChI=1S/C26H24F6O4/c1-22(15-7-5-4-6-8-15,16-9-11-20(33)18(13-16)23(2,35)25(27,28)29)17-10-12-21(34)19(14-17)24(3,36)26(30,31)32/h4-14,33-36H,1-3H3. The zero-order chi connectivity index (χ0) is 27.3. The number of rotatable bonds is 5. The average Bonchev–Trinajstić information content (AvgIpc) is 2.78. The largest absolute Gasteiger partial charge is 0.508 e. The van der Waals surface area contributed by atoms with E-state index in [1.807, 2.05) is 0 Å². The number of phenols is 2. The van der Waals surface area contributed by atoms with Gasteiger partial charge in [-0.05, 0) is 61.7 Å². The normalized spacial score (nSPS) is 17.6. The van der Waals surface area contributed by atoms with Crippen LogP contribution < -0.4 is 0 Å².